The Morgan fingerprint density at radius 3 is 3.10 bits per heavy atom. The summed E-state index contributed by atoms with van der Waals surface area (Å²) in [6.45, 7) is 3.38. The van der Waals surface area contributed by atoms with E-state index in [9.17, 15) is 4.79 Å². The Bertz CT molecular complexity index is 481. The molecule has 4 nitrogen and oxygen atoms in total. The van der Waals surface area contributed by atoms with Crippen molar-refractivity contribution in [2.45, 2.75) is 51.4 Å². The lowest BCUT2D eigenvalue weighted by atomic mass is 10.1. The van der Waals surface area contributed by atoms with Gasteiger partial charge in [0.15, 0.2) is 0 Å². The van der Waals surface area contributed by atoms with E-state index in [1.165, 1.54) is 16.7 Å². The van der Waals surface area contributed by atoms with Gasteiger partial charge in [0.05, 0.1) is 6.10 Å². The Labute approximate surface area is 119 Å². The molecule has 1 saturated heterocycles. The molecule has 1 unspecified atom stereocenters. The van der Waals surface area contributed by atoms with Crippen molar-refractivity contribution in [3.05, 3.63) is 34.9 Å². The SMILES string of the molecule is O=C(CCC1CCCO1)NCc1ccc2c(c1)CNC2. The van der Waals surface area contributed by atoms with E-state index in [1.54, 1.807) is 0 Å². The summed E-state index contributed by atoms with van der Waals surface area (Å²) in [5, 5.41) is 6.33. The molecular formula is C16H22N2O2. The minimum absolute atomic E-state index is 0.124. The first-order valence-electron chi connectivity index (χ1n) is 7.51. The maximum Gasteiger partial charge on any atom is 0.220 e. The number of carbonyl (C=O) groups is 1. The van der Waals surface area contributed by atoms with Crippen molar-refractivity contribution in [3.63, 3.8) is 0 Å². The number of amides is 1. The standard InChI is InChI=1S/C16H22N2O2/c19-16(6-5-15-2-1-7-20-15)18-9-12-3-4-13-10-17-11-14(13)8-12/h3-4,8,15,17H,1-2,5-7,9-11H2,(H,18,19). The smallest absolute Gasteiger partial charge is 0.220 e. The van der Waals surface area contributed by atoms with Gasteiger partial charge in [0.1, 0.15) is 0 Å². The van der Waals surface area contributed by atoms with E-state index in [0.29, 0.717) is 19.1 Å². The van der Waals surface area contributed by atoms with E-state index in [2.05, 4.69) is 28.8 Å². The maximum atomic E-state index is 11.8. The fraction of sp³-hybridized carbons (Fsp3) is 0.562. The number of rotatable bonds is 5. The largest absolute Gasteiger partial charge is 0.378 e. The van der Waals surface area contributed by atoms with Crippen LogP contribution in [0.25, 0.3) is 0 Å². The van der Waals surface area contributed by atoms with Gasteiger partial charge in [-0.15, -0.1) is 0 Å². The number of nitrogens with one attached hydrogen (secondary N) is 2. The molecule has 0 saturated carbocycles. The lowest BCUT2D eigenvalue weighted by molar-refractivity contribution is -0.121. The van der Waals surface area contributed by atoms with Gasteiger partial charge in [-0.05, 0) is 36.0 Å². The molecule has 3 rings (SSSR count). The molecule has 0 radical (unpaired) electrons. The first-order valence-corrected chi connectivity index (χ1v) is 7.51. The third kappa shape index (κ3) is 3.38. The quantitative estimate of drug-likeness (QED) is 0.862. The zero-order chi connectivity index (χ0) is 13.8. The Morgan fingerprint density at radius 1 is 1.35 bits per heavy atom. The van der Waals surface area contributed by atoms with E-state index < -0.39 is 0 Å². The lowest BCUT2D eigenvalue weighted by Crippen LogP contribution is -2.24. The van der Waals surface area contributed by atoms with E-state index in [1.807, 2.05) is 0 Å². The first kappa shape index (κ1) is 13.6. The van der Waals surface area contributed by atoms with Crippen molar-refractivity contribution >= 4 is 5.91 Å². The van der Waals surface area contributed by atoms with Crippen LogP contribution < -0.4 is 10.6 Å². The first-order chi connectivity index (χ1) is 9.81. The fourth-order valence-corrected chi connectivity index (χ4v) is 2.91. The lowest BCUT2D eigenvalue weighted by Gasteiger charge is -2.10. The van der Waals surface area contributed by atoms with Crippen LogP contribution in [0.15, 0.2) is 18.2 Å². The number of hydrogen-bond donors (Lipinski definition) is 2. The molecule has 1 atom stereocenters. The van der Waals surface area contributed by atoms with Gasteiger partial charge in [-0.2, -0.15) is 0 Å². The zero-order valence-electron chi connectivity index (χ0n) is 11.8. The molecule has 1 fully saturated rings. The second kappa shape index (κ2) is 6.37. The molecule has 1 amide bonds. The molecule has 108 valence electrons. The molecule has 1 aromatic rings. The highest BCUT2D eigenvalue weighted by molar-refractivity contribution is 5.75. The highest BCUT2D eigenvalue weighted by Gasteiger charge is 2.16. The molecule has 1 aromatic carbocycles. The van der Waals surface area contributed by atoms with Crippen molar-refractivity contribution in [1.82, 2.24) is 10.6 Å². The van der Waals surface area contributed by atoms with Gasteiger partial charge in [-0.3, -0.25) is 4.79 Å². The van der Waals surface area contributed by atoms with Crippen LogP contribution in [0, 0.1) is 0 Å². The normalized spacial score (nSPS) is 20.9. The van der Waals surface area contributed by atoms with Crippen LogP contribution in [0.2, 0.25) is 0 Å². The minimum Gasteiger partial charge on any atom is -0.378 e. The Morgan fingerprint density at radius 2 is 2.25 bits per heavy atom. The van der Waals surface area contributed by atoms with Crippen LogP contribution in [-0.4, -0.2) is 18.6 Å². The monoisotopic (exact) mass is 274 g/mol. The average Bonchev–Trinajstić information content (AvgIpc) is 3.13. The van der Waals surface area contributed by atoms with Crippen LogP contribution in [0.4, 0.5) is 0 Å². The third-order valence-corrected chi connectivity index (χ3v) is 4.11. The van der Waals surface area contributed by atoms with E-state index in [4.69, 9.17) is 4.74 Å². The second-order valence-corrected chi connectivity index (χ2v) is 5.66. The average molecular weight is 274 g/mol. The molecule has 0 aliphatic carbocycles. The summed E-state index contributed by atoms with van der Waals surface area (Å²) >= 11 is 0. The molecule has 2 heterocycles. The summed E-state index contributed by atoms with van der Waals surface area (Å²) < 4.78 is 5.53. The van der Waals surface area contributed by atoms with Gasteiger partial charge in [-0.25, -0.2) is 0 Å². The molecule has 0 spiro atoms. The predicted molar refractivity (Wildman–Crippen MR) is 77.0 cm³/mol. The highest BCUT2D eigenvalue weighted by Crippen LogP contribution is 2.18. The van der Waals surface area contributed by atoms with Crippen molar-refractivity contribution in [2.75, 3.05) is 6.61 Å². The summed E-state index contributed by atoms with van der Waals surface area (Å²) in [4.78, 5) is 11.8. The van der Waals surface area contributed by atoms with Gasteiger partial charge in [0.25, 0.3) is 0 Å². The summed E-state index contributed by atoms with van der Waals surface area (Å²) in [5.41, 5.74) is 3.91. The van der Waals surface area contributed by atoms with Crippen molar-refractivity contribution in [2.24, 2.45) is 0 Å². The number of fused-ring (bicyclic) bond motifs is 1. The Balaban J connectivity index is 1.43. The summed E-state index contributed by atoms with van der Waals surface area (Å²) in [6.07, 6.45) is 3.95. The molecular weight excluding hydrogens is 252 g/mol. The van der Waals surface area contributed by atoms with Crippen LogP contribution >= 0.6 is 0 Å². The molecule has 20 heavy (non-hydrogen) atoms. The summed E-state index contributed by atoms with van der Waals surface area (Å²) in [7, 11) is 0. The molecule has 4 heteroatoms. The Kier molecular flexibility index (Phi) is 4.33. The van der Waals surface area contributed by atoms with Crippen molar-refractivity contribution < 1.29 is 9.53 Å². The van der Waals surface area contributed by atoms with Crippen LogP contribution in [0.1, 0.15) is 42.4 Å². The van der Waals surface area contributed by atoms with Crippen molar-refractivity contribution in [1.29, 1.82) is 0 Å². The summed E-state index contributed by atoms with van der Waals surface area (Å²) in [5.74, 6) is 0.124. The number of hydrogen-bond acceptors (Lipinski definition) is 3. The van der Waals surface area contributed by atoms with Crippen LogP contribution in [0.3, 0.4) is 0 Å². The number of carbonyl (C=O) groups excluding carboxylic acids is 1. The molecule has 0 bridgehead atoms. The predicted octanol–water partition coefficient (Wildman–Crippen LogP) is 1.87. The Hall–Kier alpha value is -1.39. The molecule has 2 aliphatic heterocycles. The fourth-order valence-electron chi connectivity index (χ4n) is 2.91. The topological polar surface area (TPSA) is 50.4 Å². The minimum atomic E-state index is 0.124. The van der Waals surface area contributed by atoms with Crippen LogP contribution in [0.5, 0.6) is 0 Å². The molecule has 2 aliphatic rings. The second-order valence-electron chi connectivity index (χ2n) is 5.66. The third-order valence-electron chi connectivity index (χ3n) is 4.11. The van der Waals surface area contributed by atoms with Gasteiger partial charge >= 0.3 is 0 Å². The van der Waals surface area contributed by atoms with Gasteiger partial charge in [0.2, 0.25) is 5.91 Å². The van der Waals surface area contributed by atoms with Gasteiger partial charge in [0, 0.05) is 32.7 Å². The zero-order valence-corrected chi connectivity index (χ0v) is 11.8. The van der Waals surface area contributed by atoms with E-state index in [-0.39, 0.29) is 5.91 Å². The molecule has 2 N–H and O–H groups in total. The summed E-state index contributed by atoms with van der Waals surface area (Å²) in [6, 6.07) is 6.45. The number of benzene rings is 1. The van der Waals surface area contributed by atoms with E-state index >= 15 is 0 Å². The van der Waals surface area contributed by atoms with Crippen LogP contribution in [-0.2, 0) is 29.2 Å². The molecule has 0 aromatic heterocycles. The van der Waals surface area contributed by atoms with Gasteiger partial charge in [-0.1, -0.05) is 18.2 Å². The van der Waals surface area contributed by atoms with E-state index in [0.717, 1.165) is 39.0 Å². The van der Waals surface area contributed by atoms with Crippen molar-refractivity contribution in [3.8, 4) is 0 Å². The van der Waals surface area contributed by atoms with Gasteiger partial charge < -0.3 is 15.4 Å². The number of ether oxygens (including phenoxy) is 1. The maximum absolute atomic E-state index is 11.8. The highest BCUT2D eigenvalue weighted by atomic mass is 16.5.